The highest BCUT2D eigenvalue weighted by Gasteiger charge is 2.11. The summed E-state index contributed by atoms with van der Waals surface area (Å²) in [5.41, 5.74) is 3.62. The molecule has 0 bridgehead atoms. The van der Waals surface area contributed by atoms with Crippen LogP contribution in [0.15, 0.2) is 36.4 Å². The van der Waals surface area contributed by atoms with E-state index in [4.69, 9.17) is 16.3 Å². The van der Waals surface area contributed by atoms with Crippen LogP contribution in [-0.4, -0.2) is 33.9 Å². The number of carbonyl (C=O) groups excluding carboxylic acids is 1. The van der Waals surface area contributed by atoms with Gasteiger partial charge in [-0.05, 0) is 62.2 Å². The number of rotatable bonds is 8. The second kappa shape index (κ2) is 9.84. The van der Waals surface area contributed by atoms with Gasteiger partial charge in [0.05, 0.1) is 17.0 Å². The van der Waals surface area contributed by atoms with Crippen LogP contribution in [0.25, 0.3) is 0 Å². The molecule has 0 aliphatic rings. The van der Waals surface area contributed by atoms with E-state index < -0.39 is 16.1 Å². The average Bonchev–Trinajstić information content (AvgIpc) is 2.64. The van der Waals surface area contributed by atoms with E-state index >= 15 is 0 Å². The molecule has 29 heavy (non-hydrogen) atoms. The fourth-order valence-electron chi connectivity index (χ4n) is 2.80. The molecule has 9 heteroatoms. The lowest BCUT2D eigenvalue weighted by atomic mass is 10.1. The van der Waals surface area contributed by atoms with Crippen LogP contribution in [0.2, 0.25) is 5.02 Å². The molecule has 0 heterocycles. The number of hydrogen-bond acceptors (Lipinski definition) is 5. The molecule has 2 rings (SSSR count). The number of carbonyl (C=O) groups is 1. The molecule has 2 aromatic carbocycles. The van der Waals surface area contributed by atoms with Crippen molar-refractivity contribution in [2.75, 3.05) is 34.3 Å². The van der Waals surface area contributed by atoms with Gasteiger partial charge < -0.3 is 9.64 Å². The zero-order chi connectivity index (χ0) is 21.6. The van der Waals surface area contributed by atoms with Gasteiger partial charge >= 0.3 is 6.09 Å². The number of nitrogens with one attached hydrogen (secondary N) is 2. The molecular weight excluding hydrogens is 414 g/mol. The summed E-state index contributed by atoms with van der Waals surface area (Å²) >= 11 is 6.08. The van der Waals surface area contributed by atoms with Crippen LogP contribution in [0, 0.1) is 6.92 Å². The minimum absolute atomic E-state index is 0.00128. The Morgan fingerprint density at radius 3 is 2.31 bits per heavy atom. The van der Waals surface area contributed by atoms with E-state index in [0.717, 1.165) is 30.6 Å². The molecule has 158 valence electrons. The molecule has 0 aliphatic carbocycles. The van der Waals surface area contributed by atoms with Gasteiger partial charge in [0.1, 0.15) is 6.61 Å². The number of nitrogens with zero attached hydrogens (tertiary/aromatic N) is 1. The summed E-state index contributed by atoms with van der Waals surface area (Å²) in [7, 11) is -3.42. The zero-order valence-electron chi connectivity index (χ0n) is 17.0. The van der Waals surface area contributed by atoms with Crippen molar-refractivity contribution in [1.29, 1.82) is 0 Å². The van der Waals surface area contributed by atoms with Gasteiger partial charge in [0.25, 0.3) is 0 Å². The van der Waals surface area contributed by atoms with Crippen molar-refractivity contribution >= 4 is 44.8 Å². The number of hydrogen-bond donors (Lipinski definition) is 2. The van der Waals surface area contributed by atoms with E-state index in [0.29, 0.717) is 11.3 Å². The van der Waals surface area contributed by atoms with Gasteiger partial charge in [-0.15, -0.1) is 0 Å². The molecule has 2 aromatic rings. The van der Waals surface area contributed by atoms with Crippen molar-refractivity contribution in [2.45, 2.75) is 27.4 Å². The van der Waals surface area contributed by atoms with Gasteiger partial charge in [0.2, 0.25) is 10.0 Å². The van der Waals surface area contributed by atoms with E-state index in [1.54, 1.807) is 12.1 Å². The molecular formula is C20H26ClN3O4S. The average molecular weight is 440 g/mol. The molecule has 0 unspecified atom stereocenters. The lowest BCUT2D eigenvalue weighted by Crippen LogP contribution is -2.22. The van der Waals surface area contributed by atoms with Crippen LogP contribution in [0.5, 0.6) is 0 Å². The van der Waals surface area contributed by atoms with Crippen LogP contribution in [-0.2, 0) is 21.4 Å². The van der Waals surface area contributed by atoms with Gasteiger partial charge in [-0.3, -0.25) is 10.0 Å². The zero-order valence-corrected chi connectivity index (χ0v) is 18.5. The second-order valence-corrected chi connectivity index (χ2v) is 8.72. The van der Waals surface area contributed by atoms with E-state index in [1.165, 1.54) is 6.07 Å². The molecule has 0 radical (unpaired) electrons. The number of aryl methyl sites for hydroxylation is 1. The molecule has 0 spiro atoms. The number of benzene rings is 2. The Bertz CT molecular complexity index is 976. The summed E-state index contributed by atoms with van der Waals surface area (Å²) in [6.07, 6.45) is 0.458. The normalized spacial score (nSPS) is 11.1. The third kappa shape index (κ3) is 6.83. The summed E-state index contributed by atoms with van der Waals surface area (Å²) < 4.78 is 30.2. The Labute approximate surface area is 177 Å². The molecule has 0 aromatic heterocycles. The maximum absolute atomic E-state index is 12.1. The molecule has 0 saturated carbocycles. The maximum Gasteiger partial charge on any atom is 0.411 e. The highest BCUT2D eigenvalue weighted by molar-refractivity contribution is 7.92. The SMILES string of the molecule is CCN(CC)c1ccc(NC(=O)OCc2ccc(NS(C)(=O)=O)c(Cl)c2)c(C)c1. The smallest absolute Gasteiger partial charge is 0.411 e. The summed E-state index contributed by atoms with van der Waals surface area (Å²) in [6.45, 7) is 7.94. The van der Waals surface area contributed by atoms with Crippen LogP contribution in [0.1, 0.15) is 25.0 Å². The Kier molecular flexibility index (Phi) is 7.75. The molecule has 0 aliphatic heterocycles. The predicted octanol–water partition coefficient (Wildman–Crippen LogP) is 4.61. The fraction of sp³-hybridized carbons (Fsp3) is 0.350. The minimum Gasteiger partial charge on any atom is -0.444 e. The molecule has 0 atom stereocenters. The number of halogens is 1. The number of ether oxygens (including phenoxy) is 1. The fourth-order valence-corrected chi connectivity index (χ4v) is 3.68. The quantitative estimate of drug-likeness (QED) is 0.626. The van der Waals surface area contributed by atoms with Crippen LogP contribution in [0.4, 0.5) is 21.9 Å². The van der Waals surface area contributed by atoms with Crippen molar-refractivity contribution in [3.8, 4) is 0 Å². The highest BCUT2D eigenvalue weighted by Crippen LogP contribution is 2.25. The first-order valence-corrected chi connectivity index (χ1v) is 11.5. The lowest BCUT2D eigenvalue weighted by Gasteiger charge is -2.22. The topological polar surface area (TPSA) is 87.7 Å². The van der Waals surface area contributed by atoms with E-state index in [1.807, 2.05) is 25.1 Å². The summed E-state index contributed by atoms with van der Waals surface area (Å²) in [6, 6.07) is 10.5. The number of amides is 1. The van der Waals surface area contributed by atoms with Crippen LogP contribution < -0.4 is 14.9 Å². The third-order valence-corrected chi connectivity index (χ3v) is 5.18. The summed E-state index contributed by atoms with van der Waals surface area (Å²) in [5, 5.41) is 2.96. The van der Waals surface area contributed by atoms with Crippen LogP contribution >= 0.6 is 11.6 Å². The summed E-state index contributed by atoms with van der Waals surface area (Å²) in [5.74, 6) is 0. The second-order valence-electron chi connectivity index (χ2n) is 6.56. The molecule has 0 fully saturated rings. The first kappa shape index (κ1) is 22.8. The monoisotopic (exact) mass is 439 g/mol. The first-order chi connectivity index (χ1) is 13.6. The standard InChI is InChI=1S/C20H26ClN3O4S/c1-5-24(6-2)16-8-10-18(14(3)11-16)22-20(25)28-13-15-7-9-19(17(21)12-15)23-29(4,26)27/h7-12,23H,5-6,13H2,1-4H3,(H,22,25). The first-order valence-electron chi connectivity index (χ1n) is 9.18. The van der Waals surface area contributed by atoms with Gasteiger partial charge in [-0.1, -0.05) is 17.7 Å². The van der Waals surface area contributed by atoms with E-state index in [2.05, 4.69) is 28.8 Å². The highest BCUT2D eigenvalue weighted by atomic mass is 35.5. The largest absolute Gasteiger partial charge is 0.444 e. The molecule has 0 saturated heterocycles. The van der Waals surface area contributed by atoms with E-state index in [-0.39, 0.29) is 17.3 Å². The Morgan fingerprint density at radius 1 is 1.10 bits per heavy atom. The van der Waals surface area contributed by atoms with Gasteiger partial charge in [0.15, 0.2) is 0 Å². The summed E-state index contributed by atoms with van der Waals surface area (Å²) in [4.78, 5) is 14.4. The number of sulfonamides is 1. The van der Waals surface area contributed by atoms with Crippen molar-refractivity contribution in [1.82, 2.24) is 0 Å². The Balaban J connectivity index is 1.97. The van der Waals surface area contributed by atoms with Gasteiger partial charge in [0, 0.05) is 24.5 Å². The molecule has 7 nitrogen and oxygen atoms in total. The third-order valence-electron chi connectivity index (χ3n) is 4.27. The molecule has 2 N–H and O–H groups in total. The Morgan fingerprint density at radius 2 is 1.76 bits per heavy atom. The van der Waals surface area contributed by atoms with Gasteiger partial charge in [-0.2, -0.15) is 0 Å². The van der Waals surface area contributed by atoms with Crippen molar-refractivity contribution in [3.05, 3.63) is 52.5 Å². The van der Waals surface area contributed by atoms with Crippen molar-refractivity contribution in [2.24, 2.45) is 0 Å². The van der Waals surface area contributed by atoms with Crippen molar-refractivity contribution < 1.29 is 17.9 Å². The lowest BCUT2D eigenvalue weighted by molar-refractivity contribution is 0.155. The maximum atomic E-state index is 12.1. The van der Waals surface area contributed by atoms with E-state index in [9.17, 15) is 13.2 Å². The van der Waals surface area contributed by atoms with Crippen LogP contribution in [0.3, 0.4) is 0 Å². The Hall–Kier alpha value is -2.45. The minimum atomic E-state index is -3.42. The number of anilines is 3. The predicted molar refractivity (Wildman–Crippen MR) is 118 cm³/mol. The van der Waals surface area contributed by atoms with Crippen molar-refractivity contribution in [3.63, 3.8) is 0 Å². The van der Waals surface area contributed by atoms with Gasteiger partial charge in [-0.25, -0.2) is 13.2 Å². The molecule has 1 amide bonds.